The number of hydrogen-bond donors (Lipinski definition) is 3. The lowest BCUT2D eigenvalue weighted by Gasteiger charge is -2.39. The van der Waals surface area contributed by atoms with E-state index >= 15 is 0 Å². The van der Waals surface area contributed by atoms with Gasteiger partial charge in [-0.05, 0) is 30.4 Å². The van der Waals surface area contributed by atoms with Crippen LogP contribution in [0.4, 0.5) is 0 Å². The fourth-order valence-corrected chi connectivity index (χ4v) is 2.63. The fraction of sp³-hybridized carbons (Fsp3) is 0.833. The molecule has 0 fully saturated rings. The second-order valence-electron chi connectivity index (χ2n) is 4.67. The van der Waals surface area contributed by atoms with Crippen molar-refractivity contribution in [2.75, 3.05) is 6.61 Å². The van der Waals surface area contributed by atoms with Crippen LogP contribution in [0.15, 0.2) is 11.1 Å². The van der Waals surface area contributed by atoms with Crippen molar-refractivity contribution in [3.63, 3.8) is 0 Å². The second kappa shape index (κ2) is 4.84. The zero-order valence-corrected chi connectivity index (χ0v) is 9.59. The Kier molecular flexibility index (Phi) is 3.64. The van der Waals surface area contributed by atoms with E-state index in [0.29, 0.717) is 30.6 Å². The first-order valence-corrected chi connectivity index (χ1v) is 6.03. The van der Waals surface area contributed by atoms with Gasteiger partial charge >= 0.3 is 0 Å². The van der Waals surface area contributed by atoms with Crippen molar-refractivity contribution in [2.45, 2.75) is 57.0 Å². The molecule has 1 aliphatic carbocycles. The molecule has 0 aromatic carbocycles. The molecule has 0 amide bonds. The van der Waals surface area contributed by atoms with Crippen molar-refractivity contribution < 1.29 is 20.1 Å². The van der Waals surface area contributed by atoms with Gasteiger partial charge in [-0.2, -0.15) is 0 Å². The van der Waals surface area contributed by atoms with Gasteiger partial charge in [-0.15, -0.1) is 0 Å². The van der Waals surface area contributed by atoms with E-state index in [2.05, 4.69) is 0 Å². The van der Waals surface area contributed by atoms with Gasteiger partial charge in [0.15, 0.2) is 0 Å². The van der Waals surface area contributed by atoms with Gasteiger partial charge in [0, 0.05) is 0 Å². The Morgan fingerprint density at radius 3 is 2.56 bits per heavy atom. The molecule has 0 saturated heterocycles. The van der Waals surface area contributed by atoms with Crippen molar-refractivity contribution in [1.29, 1.82) is 0 Å². The number of hydrogen-bond acceptors (Lipinski definition) is 4. The van der Waals surface area contributed by atoms with Gasteiger partial charge in [0.05, 0.1) is 24.9 Å². The van der Waals surface area contributed by atoms with Crippen molar-refractivity contribution >= 4 is 0 Å². The lowest BCUT2D eigenvalue weighted by atomic mass is 9.81. The molecule has 4 heteroatoms. The van der Waals surface area contributed by atoms with Crippen LogP contribution in [-0.2, 0) is 4.74 Å². The summed E-state index contributed by atoms with van der Waals surface area (Å²) in [5, 5.41) is 29.8. The quantitative estimate of drug-likeness (QED) is 0.597. The number of aliphatic hydroxyl groups is 3. The van der Waals surface area contributed by atoms with Crippen LogP contribution in [-0.4, -0.2) is 46.3 Å². The summed E-state index contributed by atoms with van der Waals surface area (Å²) in [5.41, 5.74) is 1.31. The van der Waals surface area contributed by atoms with Crippen LogP contribution in [0.3, 0.4) is 0 Å². The highest BCUT2D eigenvalue weighted by molar-refractivity contribution is 5.31. The van der Waals surface area contributed by atoms with Crippen LogP contribution >= 0.6 is 0 Å². The Morgan fingerprint density at radius 1 is 1.19 bits per heavy atom. The molecule has 0 saturated carbocycles. The maximum absolute atomic E-state index is 10.1. The van der Waals surface area contributed by atoms with Gasteiger partial charge in [0.25, 0.3) is 0 Å². The molecule has 1 aliphatic heterocycles. The minimum atomic E-state index is -0.756. The van der Waals surface area contributed by atoms with Crippen molar-refractivity contribution in [1.82, 2.24) is 0 Å². The molecule has 2 aliphatic rings. The van der Waals surface area contributed by atoms with E-state index in [1.165, 1.54) is 0 Å². The highest BCUT2D eigenvalue weighted by atomic mass is 16.5. The summed E-state index contributed by atoms with van der Waals surface area (Å²) < 4.78 is 5.54. The second-order valence-corrected chi connectivity index (χ2v) is 4.67. The van der Waals surface area contributed by atoms with Gasteiger partial charge < -0.3 is 20.1 Å². The Hall–Kier alpha value is -0.420. The van der Waals surface area contributed by atoms with Crippen LogP contribution in [0.25, 0.3) is 0 Å². The molecule has 1 heterocycles. The molecule has 0 aromatic rings. The summed E-state index contributed by atoms with van der Waals surface area (Å²) in [6.07, 6.45) is 0.624. The molecule has 3 N–H and O–H groups in total. The van der Waals surface area contributed by atoms with Gasteiger partial charge in [-0.1, -0.05) is 13.3 Å². The van der Waals surface area contributed by atoms with Gasteiger partial charge in [-0.25, -0.2) is 0 Å². The molecule has 0 aromatic heterocycles. The standard InChI is InChI=1S/C12H20O4/c1-2-3-10-12(15)11-7(6-16-10)8(13)4-5-9(11)14/h8-10,12-15H,2-6H2,1H3/t8-,9-,10-,12-/m0/s1. The third kappa shape index (κ3) is 2.02. The summed E-state index contributed by atoms with van der Waals surface area (Å²) >= 11 is 0. The van der Waals surface area contributed by atoms with Gasteiger partial charge in [0.1, 0.15) is 6.10 Å². The third-order valence-corrected chi connectivity index (χ3v) is 3.54. The maximum Gasteiger partial charge on any atom is 0.104 e. The highest BCUT2D eigenvalue weighted by Gasteiger charge is 2.38. The van der Waals surface area contributed by atoms with Gasteiger partial charge in [-0.3, -0.25) is 0 Å². The smallest absolute Gasteiger partial charge is 0.104 e. The Balaban J connectivity index is 2.23. The molecule has 92 valence electrons. The zero-order valence-electron chi connectivity index (χ0n) is 9.59. The molecular formula is C12H20O4. The van der Waals surface area contributed by atoms with E-state index < -0.39 is 18.3 Å². The molecular weight excluding hydrogens is 208 g/mol. The largest absolute Gasteiger partial charge is 0.389 e. The van der Waals surface area contributed by atoms with Crippen LogP contribution in [0.1, 0.15) is 32.6 Å². The van der Waals surface area contributed by atoms with Crippen molar-refractivity contribution in [3.05, 3.63) is 11.1 Å². The van der Waals surface area contributed by atoms with E-state index in [1.807, 2.05) is 6.92 Å². The average Bonchev–Trinajstić information content (AvgIpc) is 2.27. The summed E-state index contributed by atoms with van der Waals surface area (Å²) in [6, 6.07) is 0. The van der Waals surface area contributed by atoms with E-state index in [1.54, 1.807) is 0 Å². The van der Waals surface area contributed by atoms with Crippen LogP contribution in [0.2, 0.25) is 0 Å². The summed E-state index contributed by atoms with van der Waals surface area (Å²) in [7, 11) is 0. The first kappa shape index (κ1) is 12.0. The predicted molar refractivity (Wildman–Crippen MR) is 58.9 cm³/mol. The van der Waals surface area contributed by atoms with Crippen LogP contribution in [0.5, 0.6) is 0 Å². The lowest BCUT2D eigenvalue weighted by molar-refractivity contribution is -0.0557. The van der Waals surface area contributed by atoms with E-state index in [9.17, 15) is 15.3 Å². The summed E-state index contributed by atoms with van der Waals surface area (Å²) in [5.74, 6) is 0. The monoisotopic (exact) mass is 228 g/mol. The first-order valence-electron chi connectivity index (χ1n) is 6.03. The minimum absolute atomic E-state index is 0.233. The van der Waals surface area contributed by atoms with Crippen molar-refractivity contribution in [2.24, 2.45) is 0 Å². The molecule has 0 unspecified atom stereocenters. The molecule has 16 heavy (non-hydrogen) atoms. The molecule has 2 rings (SSSR count). The van der Waals surface area contributed by atoms with Crippen LogP contribution < -0.4 is 0 Å². The fourth-order valence-electron chi connectivity index (χ4n) is 2.63. The van der Waals surface area contributed by atoms with E-state index in [4.69, 9.17) is 4.74 Å². The predicted octanol–water partition coefficient (Wildman–Crippen LogP) is 0.358. The van der Waals surface area contributed by atoms with Crippen molar-refractivity contribution in [3.8, 4) is 0 Å². The Bertz CT molecular complexity index is 287. The Morgan fingerprint density at radius 2 is 1.88 bits per heavy atom. The highest BCUT2D eigenvalue weighted by Crippen LogP contribution is 2.34. The third-order valence-electron chi connectivity index (χ3n) is 3.54. The number of aliphatic hydroxyl groups excluding tert-OH is 3. The summed E-state index contributed by atoms with van der Waals surface area (Å²) in [4.78, 5) is 0. The molecule has 4 atom stereocenters. The van der Waals surface area contributed by atoms with E-state index in [0.717, 1.165) is 12.8 Å². The topological polar surface area (TPSA) is 69.9 Å². The van der Waals surface area contributed by atoms with E-state index in [-0.39, 0.29) is 6.10 Å². The Labute approximate surface area is 95.5 Å². The van der Waals surface area contributed by atoms with Crippen LogP contribution in [0, 0.1) is 0 Å². The maximum atomic E-state index is 10.1. The lowest BCUT2D eigenvalue weighted by Crippen LogP contribution is -2.45. The number of ether oxygens (including phenoxy) is 1. The average molecular weight is 228 g/mol. The SMILES string of the molecule is CCC[C@@H]1OCC2=C([C@H]1O)[C@@H](O)CC[C@@H]2O. The molecule has 0 radical (unpaired) electrons. The molecule has 0 spiro atoms. The summed E-state index contributed by atoms with van der Waals surface area (Å²) in [6.45, 7) is 2.38. The normalized spacial score (nSPS) is 39.8. The molecule has 0 bridgehead atoms. The molecule has 4 nitrogen and oxygen atoms in total. The zero-order chi connectivity index (χ0) is 11.7. The first-order chi connectivity index (χ1) is 7.65. The van der Waals surface area contributed by atoms with Gasteiger partial charge in [0.2, 0.25) is 0 Å². The minimum Gasteiger partial charge on any atom is -0.389 e. The number of rotatable bonds is 2.